The number of halogens is 1. The van der Waals surface area contributed by atoms with E-state index >= 15 is 0 Å². The fraction of sp³-hybridized carbons (Fsp3) is 0.154. The highest BCUT2D eigenvalue weighted by molar-refractivity contribution is 7.71. The fourth-order valence-electron chi connectivity index (χ4n) is 1.85. The molecule has 0 bridgehead atoms. The number of aromatic amines is 1. The Morgan fingerprint density at radius 3 is 2.56 bits per heavy atom. The molecule has 1 aromatic heterocycles. The quantitative estimate of drug-likeness (QED) is 0.731. The zero-order chi connectivity index (χ0) is 11.7. The van der Waals surface area contributed by atoms with Crippen LogP contribution in [0.5, 0.6) is 0 Å². The van der Waals surface area contributed by atoms with Crippen LogP contribution in [0.3, 0.4) is 0 Å². The lowest BCUT2D eigenvalue weighted by Gasteiger charge is -2.08. The van der Waals surface area contributed by atoms with Crippen LogP contribution in [0.4, 0.5) is 4.39 Å². The molecular weight excluding hydrogens is 221 g/mol. The molecular formula is C13H12FNS. The van der Waals surface area contributed by atoms with E-state index in [2.05, 4.69) is 4.98 Å². The van der Waals surface area contributed by atoms with E-state index in [9.17, 15) is 4.39 Å². The number of rotatable bonds is 1. The maximum Gasteiger partial charge on any atom is 0.133 e. The molecule has 0 aliphatic heterocycles. The number of hydrogen-bond donors (Lipinski definition) is 1. The lowest BCUT2D eigenvalue weighted by atomic mass is 10.0. The Balaban J connectivity index is 2.69. The molecule has 82 valence electrons. The highest BCUT2D eigenvalue weighted by atomic mass is 32.1. The van der Waals surface area contributed by atoms with Gasteiger partial charge in [0.05, 0.1) is 0 Å². The Kier molecular flexibility index (Phi) is 2.88. The molecule has 0 saturated heterocycles. The maximum atomic E-state index is 13.9. The number of aromatic nitrogens is 1. The van der Waals surface area contributed by atoms with Crippen molar-refractivity contribution in [3.63, 3.8) is 0 Å². The van der Waals surface area contributed by atoms with Gasteiger partial charge >= 0.3 is 0 Å². The number of aryl methyl sites for hydroxylation is 2. The average Bonchev–Trinajstić information content (AvgIpc) is 2.15. The smallest absolute Gasteiger partial charge is 0.133 e. The van der Waals surface area contributed by atoms with Crippen molar-refractivity contribution >= 4 is 12.2 Å². The number of hydrogen-bond acceptors (Lipinski definition) is 1. The molecule has 0 aliphatic carbocycles. The van der Waals surface area contributed by atoms with Crippen LogP contribution in [0, 0.1) is 24.3 Å². The van der Waals surface area contributed by atoms with E-state index in [1.807, 2.05) is 32.0 Å². The van der Waals surface area contributed by atoms with Gasteiger partial charge in [0.15, 0.2) is 0 Å². The van der Waals surface area contributed by atoms with Crippen molar-refractivity contribution in [3.05, 3.63) is 51.9 Å². The van der Waals surface area contributed by atoms with Gasteiger partial charge in [0, 0.05) is 11.3 Å². The molecule has 1 N–H and O–H groups in total. The molecule has 3 heteroatoms. The van der Waals surface area contributed by atoms with E-state index in [4.69, 9.17) is 12.2 Å². The van der Waals surface area contributed by atoms with Gasteiger partial charge < -0.3 is 4.98 Å². The summed E-state index contributed by atoms with van der Waals surface area (Å²) in [5.74, 6) is -0.214. The standard InChI is InChI=1S/C13H12FNS/c1-8-6-9(2)13(10(14)7-8)11-4-3-5-12(16)15-11/h3-7H,1-2H3,(H,15,16). The van der Waals surface area contributed by atoms with Crippen LogP contribution in [0.25, 0.3) is 11.3 Å². The maximum absolute atomic E-state index is 13.9. The van der Waals surface area contributed by atoms with Crippen LogP contribution in [0.2, 0.25) is 0 Å². The van der Waals surface area contributed by atoms with Gasteiger partial charge in [-0.25, -0.2) is 4.39 Å². The molecule has 16 heavy (non-hydrogen) atoms. The molecule has 0 atom stereocenters. The second kappa shape index (κ2) is 4.18. The van der Waals surface area contributed by atoms with Gasteiger partial charge in [-0.15, -0.1) is 0 Å². The van der Waals surface area contributed by atoms with Gasteiger partial charge in [-0.1, -0.05) is 24.4 Å². The molecule has 2 aromatic rings. The first-order chi connectivity index (χ1) is 7.58. The highest BCUT2D eigenvalue weighted by Crippen LogP contribution is 2.25. The Bertz CT molecular complexity index is 563. The second-order valence-electron chi connectivity index (χ2n) is 3.87. The summed E-state index contributed by atoms with van der Waals surface area (Å²) in [6.07, 6.45) is 0. The lowest BCUT2D eigenvalue weighted by Crippen LogP contribution is -1.93. The topological polar surface area (TPSA) is 15.8 Å². The summed E-state index contributed by atoms with van der Waals surface area (Å²) >= 11 is 5.03. The van der Waals surface area contributed by atoms with Gasteiger partial charge in [-0.05, 0) is 43.2 Å². The van der Waals surface area contributed by atoms with Gasteiger partial charge in [0.2, 0.25) is 0 Å². The third kappa shape index (κ3) is 2.04. The predicted molar refractivity (Wildman–Crippen MR) is 66.5 cm³/mol. The van der Waals surface area contributed by atoms with Gasteiger partial charge in [-0.3, -0.25) is 0 Å². The minimum absolute atomic E-state index is 0.214. The predicted octanol–water partition coefficient (Wildman–Crippen LogP) is 4.17. The van der Waals surface area contributed by atoms with Gasteiger partial charge in [-0.2, -0.15) is 0 Å². The molecule has 0 fully saturated rings. The van der Waals surface area contributed by atoms with E-state index in [0.29, 0.717) is 10.2 Å². The summed E-state index contributed by atoms with van der Waals surface area (Å²) in [5.41, 5.74) is 3.16. The van der Waals surface area contributed by atoms with Crippen LogP contribution in [-0.4, -0.2) is 4.98 Å². The second-order valence-corrected chi connectivity index (χ2v) is 4.31. The minimum atomic E-state index is -0.214. The normalized spacial score (nSPS) is 10.4. The van der Waals surface area contributed by atoms with E-state index in [0.717, 1.165) is 16.8 Å². The molecule has 1 aromatic carbocycles. The molecule has 0 unspecified atom stereocenters. The van der Waals surface area contributed by atoms with E-state index in [-0.39, 0.29) is 5.82 Å². The summed E-state index contributed by atoms with van der Waals surface area (Å²) in [7, 11) is 0. The Morgan fingerprint density at radius 1 is 1.19 bits per heavy atom. The van der Waals surface area contributed by atoms with Crippen molar-refractivity contribution in [2.45, 2.75) is 13.8 Å². The van der Waals surface area contributed by atoms with Crippen molar-refractivity contribution in [2.75, 3.05) is 0 Å². The van der Waals surface area contributed by atoms with Crippen LogP contribution >= 0.6 is 12.2 Å². The van der Waals surface area contributed by atoms with Crippen LogP contribution in [-0.2, 0) is 0 Å². The third-order valence-electron chi connectivity index (χ3n) is 2.47. The number of benzene rings is 1. The Labute approximate surface area is 99.0 Å². The molecule has 0 spiro atoms. The summed E-state index contributed by atoms with van der Waals surface area (Å²) in [4.78, 5) is 3.00. The minimum Gasteiger partial charge on any atom is -0.346 e. The Morgan fingerprint density at radius 2 is 1.94 bits per heavy atom. The average molecular weight is 233 g/mol. The van der Waals surface area contributed by atoms with Crippen LogP contribution < -0.4 is 0 Å². The molecule has 0 aliphatic rings. The first kappa shape index (κ1) is 11.0. The van der Waals surface area contributed by atoms with Gasteiger partial charge in [0.25, 0.3) is 0 Å². The Hall–Kier alpha value is -1.48. The summed E-state index contributed by atoms with van der Waals surface area (Å²) in [6, 6.07) is 8.93. The van der Waals surface area contributed by atoms with Crippen molar-refractivity contribution in [1.29, 1.82) is 0 Å². The number of nitrogens with one attached hydrogen (secondary N) is 1. The van der Waals surface area contributed by atoms with Gasteiger partial charge in [0.1, 0.15) is 10.5 Å². The largest absolute Gasteiger partial charge is 0.346 e. The monoisotopic (exact) mass is 233 g/mol. The highest BCUT2D eigenvalue weighted by Gasteiger charge is 2.09. The molecule has 1 nitrogen and oxygen atoms in total. The molecule has 1 heterocycles. The number of pyridine rings is 1. The molecule has 0 amide bonds. The van der Waals surface area contributed by atoms with E-state index < -0.39 is 0 Å². The zero-order valence-corrected chi connectivity index (χ0v) is 9.99. The molecule has 2 rings (SSSR count). The molecule has 0 saturated carbocycles. The van der Waals surface area contributed by atoms with Crippen molar-refractivity contribution < 1.29 is 4.39 Å². The van der Waals surface area contributed by atoms with Crippen molar-refractivity contribution in [2.24, 2.45) is 0 Å². The lowest BCUT2D eigenvalue weighted by molar-refractivity contribution is 0.628. The summed E-state index contributed by atoms with van der Waals surface area (Å²) in [5, 5.41) is 0. The zero-order valence-electron chi connectivity index (χ0n) is 9.17. The SMILES string of the molecule is Cc1cc(C)c(-c2cccc(=S)[nH]2)c(F)c1. The van der Waals surface area contributed by atoms with Crippen LogP contribution in [0.15, 0.2) is 30.3 Å². The fourth-order valence-corrected chi connectivity index (χ4v) is 2.04. The molecule has 0 radical (unpaired) electrons. The summed E-state index contributed by atoms with van der Waals surface area (Å²) < 4.78 is 14.5. The first-order valence-electron chi connectivity index (χ1n) is 5.04. The summed E-state index contributed by atoms with van der Waals surface area (Å²) in [6.45, 7) is 3.78. The number of H-pyrrole nitrogens is 1. The van der Waals surface area contributed by atoms with E-state index in [1.54, 1.807) is 6.07 Å². The van der Waals surface area contributed by atoms with Crippen molar-refractivity contribution in [3.8, 4) is 11.3 Å². The first-order valence-corrected chi connectivity index (χ1v) is 5.45. The van der Waals surface area contributed by atoms with Crippen LogP contribution in [0.1, 0.15) is 11.1 Å². The van der Waals surface area contributed by atoms with Crippen molar-refractivity contribution in [1.82, 2.24) is 4.98 Å². The third-order valence-corrected chi connectivity index (χ3v) is 2.71. The van der Waals surface area contributed by atoms with E-state index in [1.165, 1.54) is 6.07 Å².